The van der Waals surface area contributed by atoms with Crippen LogP contribution in [-0.4, -0.2) is 19.0 Å². The minimum Gasteiger partial charge on any atom is -0.506 e. The van der Waals surface area contributed by atoms with Crippen molar-refractivity contribution in [1.29, 1.82) is 0 Å². The molecule has 3 N–H and O–H groups in total. The molecular weight excluding hydrogens is 170 g/mol. The lowest BCUT2D eigenvalue weighted by atomic mass is 10.2. The Hall–Kier alpha value is -1.26. The van der Waals surface area contributed by atoms with Crippen molar-refractivity contribution >= 4 is 5.69 Å². The van der Waals surface area contributed by atoms with Crippen LogP contribution in [0.2, 0.25) is 0 Å². The highest BCUT2D eigenvalue weighted by molar-refractivity contribution is 5.53. The number of aromatic hydroxyl groups is 1. The third kappa shape index (κ3) is 2.93. The van der Waals surface area contributed by atoms with Gasteiger partial charge in [-0.1, -0.05) is 6.07 Å². The molecule has 13 heavy (non-hydrogen) atoms. The molecule has 0 bridgehead atoms. The third-order valence-electron chi connectivity index (χ3n) is 1.56. The molecule has 0 aliphatic heterocycles. The largest absolute Gasteiger partial charge is 0.506 e. The molecule has 0 aliphatic carbocycles. The van der Waals surface area contributed by atoms with Gasteiger partial charge in [0.05, 0.1) is 12.3 Å². The fourth-order valence-corrected chi connectivity index (χ4v) is 0.937. The molecule has 0 amide bonds. The quantitative estimate of drug-likeness (QED) is 0.317. The van der Waals surface area contributed by atoms with Crippen LogP contribution in [0.25, 0.3) is 0 Å². The fourth-order valence-electron chi connectivity index (χ4n) is 0.937. The Morgan fingerprint density at radius 2 is 2.23 bits per heavy atom. The van der Waals surface area contributed by atoms with Crippen LogP contribution in [0.5, 0.6) is 5.75 Å². The molecule has 4 heteroatoms. The SMILES string of the molecule is COCOCc1ccc(O)c(N)c1. The standard InChI is InChI=1S/C9H13NO3/c1-12-6-13-5-7-2-3-9(11)8(10)4-7/h2-4,11H,5-6,10H2,1H3. The molecule has 0 aromatic heterocycles. The van der Waals surface area contributed by atoms with Gasteiger partial charge in [-0.05, 0) is 17.7 Å². The zero-order chi connectivity index (χ0) is 9.68. The van der Waals surface area contributed by atoms with Crippen LogP contribution < -0.4 is 5.73 Å². The van der Waals surface area contributed by atoms with Gasteiger partial charge in [-0.15, -0.1) is 0 Å². The Kier molecular flexibility index (Phi) is 3.54. The summed E-state index contributed by atoms with van der Waals surface area (Å²) in [7, 11) is 1.56. The number of hydrogen-bond acceptors (Lipinski definition) is 4. The summed E-state index contributed by atoms with van der Waals surface area (Å²) in [6, 6.07) is 4.97. The van der Waals surface area contributed by atoms with Gasteiger partial charge in [-0.2, -0.15) is 0 Å². The lowest BCUT2D eigenvalue weighted by Gasteiger charge is -2.04. The summed E-state index contributed by atoms with van der Waals surface area (Å²) >= 11 is 0. The maximum absolute atomic E-state index is 9.12. The van der Waals surface area contributed by atoms with Gasteiger partial charge < -0.3 is 20.3 Å². The summed E-state index contributed by atoms with van der Waals surface area (Å²) in [6.07, 6.45) is 0. The number of hydrogen-bond donors (Lipinski definition) is 2. The molecule has 0 atom stereocenters. The average molecular weight is 183 g/mol. The average Bonchev–Trinajstić information content (AvgIpc) is 2.12. The van der Waals surface area contributed by atoms with E-state index in [1.165, 1.54) is 0 Å². The van der Waals surface area contributed by atoms with Crippen LogP contribution in [0.4, 0.5) is 5.69 Å². The predicted octanol–water partition coefficient (Wildman–Crippen LogP) is 1.09. The van der Waals surface area contributed by atoms with Crippen molar-refractivity contribution in [2.75, 3.05) is 19.6 Å². The monoisotopic (exact) mass is 183 g/mol. The number of anilines is 1. The summed E-state index contributed by atoms with van der Waals surface area (Å²) in [4.78, 5) is 0. The molecule has 0 spiro atoms. The van der Waals surface area contributed by atoms with Crippen LogP contribution in [0.1, 0.15) is 5.56 Å². The minimum absolute atomic E-state index is 0.0930. The number of nitrogens with two attached hydrogens (primary N) is 1. The second-order valence-electron chi connectivity index (χ2n) is 2.65. The first-order valence-corrected chi connectivity index (χ1v) is 3.88. The molecule has 0 saturated heterocycles. The minimum atomic E-state index is 0.0930. The van der Waals surface area contributed by atoms with E-state index in [9.17, 15) is 0 Å². The topological polar surface area (TPSA) is 64.7 Å². The number of phenolic OH excluding ortho intramolecular Hbond substituents is 1. The third-order valence-corrected chi connectivity index (χ3v) is 1.56. The van der Waals surface area contributed by atoms with Crippen molar-refractivity contribution in [3.63, 3.8) is 0 Å². The Balaban J connectivity index is 2.53. The number of ether oxygens (including phenoxy) is 2. The number of benzene rings is 1. The van der Waals surface area contributed by atoms with Gasteiger partial charge in [0.25, 0.3) is 0 Å². The fraction of sp³-hybridized carbons (Fsp3) is 0.333. The van der Waals surface area contributed by atoms with Crippen molar-refractivity contribution < 1.29 is 14.6 Å². The van der Waals surface area contributed by atoms with Gasteiger partial charge in [0, 0.05) is 7.11 Å². The molecule has 0 aliphatic rings. The van der Waals surface area contributed by atoms with Gasteiger partial charge in [0.15, 0.2) is 0 Å². The predicted molar refractivity (Wildman–Crippen MR) is 49.2 cm³/mol. The van der Waals surface area contributed by atoms with E-state index in [4.69, 9.17) is 20.3 Å². The van der Waals surface area contributed by atoms with E-state index in [1.807, 2.05) is 0 Å². The highest BCUT2D eigenvalue weighted by atomic mass is 16.7. The van der Waals surface area contributed by atoms with Gasteiger partial charge >= 0.3 is 0 Å². The van der Waals surface area contributed by atoms with E-state index in [1.54, 1.807) is 25.3 Å². The first-order valence-electron chi connectivity index (χ1n) is 3.88. The molecule has 0 fully saturated rings. The zero-order valence-electron chi connectivity index (χ0n) is 7.49. The Morgan fingerprint density at radius 3 is 2.85 bits per heavy atom. The second-order valence-corrected chi connectivity index (χ2v) is 2.65. The second kappa shape index (κ2) is 4.69. The summed E-state index contributed by atoms with van der Waals surface area (Å²) in [5, 5.41) is 9.12. The highest BCUT2D eigenvalue weighted by Crippen LogP contribution is 2.20. The molecule has 0 heterocycles. The molecule has 1 aromatic carbocycles. The summed E-state index contributed by atoms with van der Waals surface area (Å²) < 4.78 is 9.82. The molecular formula is C9H13NO3. The number of phenols is 1. The van der Waals surface area contributed by atoms with Crippen LogP contribution >= 0.6 is 0 Å². The molecule has 72 valence electrons. The van der Waals surface area contributed by atoms with Gasteiger partial charge in [-0.3, -0.25) is 0 Å². The Bertz CT molecular complexity index is 276. The van der Waals surface area contributed by atoms with Crippen molar-refractivity contribution in [2.45, 2.75) is 6.61 Å². The summed E-state index contributed by atoms with van der Waals surface area (Å²) in [6.45, 7) is 0.680. The van der Waals surface area contributed by atoms with Gasteiger partial charge in [0.1, 0.15) is 12.5 Å². The summed E-state index contributed by atoms with van der Waals surface area (Å²) in [5.41, 5.74) is 6.76. The lowest BCUT2D eigenvalue weighted by Crippen LogP contribution is -1.97. The van der Waals surface area contributed by atoms with E-state index in [0.29, 0.717) is 12.3 Å². The van der Waals surface area contributed by atoms with Crippen LogP contribution in [0.15, 0.2) is 18.2 Å². The van der Waals surface area contributed by atoms with E-state index in [2.05, 4.69) is 0 Å². The molecule has 0 radical (unpaired) electrons. The van der Waals surface area contributed by atoms with Gasteiger partial charge in [-0.25, -0.2) is 0 Å². The van der Waals surface area contributed by atoms with Crippen molar-refractivity contribution in [1.82, 2.24) is 0 Å². The zero-order valence-corrected chi connectivity index (χ0v) is 7.49. The van der Waals surface area contributed by atoms with E-state index in [0.717, 1.165) is 5.56 Å². The van der Waals surface area contributed by atoms with E-state index < -0.39 is 0 Å². The molecule has 4 nitrogen and oxygen atoms in total. The summed E-state index contributed by atoms with van der Waals surface area (Å²) in [5.74, 6) is 0.0930. The first kappa shape index (κ1) is 9.83. The smallest absolute Gasteiger partial charge is 0.146 e. The highest BCUT2D eigenvalue weighted by Gasteiger charge is 1.98. The van der Waals surface area contributed by atoms with Crippen LogP contribution in [0, 0.1) is 0 Å². The molecule has 1 aromatic rings. The number of rotatable bonds is 4. The normalized spacial score (nSPS) is 10.2. The lowest BCUT2D eigenvalue weighted by molar-refractivity contribution is -0.0390. The van der Waals surface area contributed by atoms with Gasteiger partial charge in [0.2, 0.25) is 0 Å². The number of methoxy groups -OCH3 is 1. The molecule has 0 saturated carbocycles. The maximum atomic E-state index is 9.12. The van der Waals surface area contributed by atoms with Crippen molar-refractivity contribution in [2.24, 2.45) is 0 Å². The maximum Gasteiger partial charge on any atom is 0.146 e. The van der Waals surface area contributed by atoms with Crippen molar-refractivity contribution in [3.8, 4) is 5.75 Å². The van der Waals surface area contributed by atoms with Crippen LogP contribution in [0.3, 0.4) is 0 Å². The van der Waals surface area contributed by atoms with E-state index in [-0.39, 0.29) is 12.5 Å². The Labute approximate surface area is 76.9 Å². The number of nitrogen functional groups attached to an aromatic ring is 1. The molecule has 0 unspecified atom stereocenters. The van der Waals surface area contributed by atoms with Crippen LogP contribution in [-0.2, 0) is 16.1 Å². The first-order chi connectivity index (χ1) is 6.24. The van der Waals surface area contributed by atoms with E-state index >= 15 is 0 Å². The van der Waals surface area contributed by atoms with Crippen molar-refractivity contribution in [3.05, 3.63) is 23.8 Å². The Morgan fingerprint density at radius 1 is 1.46 bits per heavy atom. The molecule has 1 rings (SSSR count).